The molecule has 2 N–H and O–H groups in total. The van der Waals surface area contributed by atoms with Crippen molar-refractivity contribution in [3.05, 3.63) is 60.3 Å². The van der Waals surface area contributed by atoms with Crippen molar-refractivity contribution in [2.45, 2.75) is 19.2 Å². The van der Waals surface area contributed by atoms with E-state index in [1.54, 1.807) is 11.0 Å². The molecule has 1 atom stereocenters. The number of carbonyl (C=O) groups excluding carboxylic acids is 2. The Labute approximate surface area is 176 Å². The van der Waals surface area contributed by atoms with Crippen molar-refractivity contribution in [3.8, 4) is 5.75 Å². The molecule has 0 radical (unpaired) electrons. The van der Waals surface area contributed by atoms with Gasteiger partial charge in [0.2, 0.25) is 5.91 Å². The van der Waals surface area contributed by atoms with Gasteiger partial charge < -0.3 is 19.9 Å². The first-order chi connectivity index (χ1) is 14.8. The maximum absolute atomic E-state index is 12.9. The Bertz CT molecular complexity index is 1090. The zero-order chi connectivity index (χ0) is 22.0. The minimum absolute atomic E-state index is 0.130. The highest BCUT2D eigenvalue weighted by Crippen LogP contribution is 2.25. The van der Waals surface area contributed by atoms with Crippen LogP contribution in [0.3, 0.4) is 0 Å². The fourth-order valence-corrected chi connectivity index (χ4v) is 3.73. The van der Waals surface area contributed by atoms with Gasteiger partial charge in [0.25, 0.3) is 5.91 Å². The van der Waals surface area contributed by atoms with Crippen LogP contribution in [0.4, 0.5) is 18.9 Å². The minimum atomic E-state index is -4.77. The molecule has 0 spiro atoms. The number of halogens is 3. The van der Waals surface area contributed by atoms with Gasteiger partial charge in [-0.2, -0.15) is 0 Å². The van der Waals surface area contributed by atoms with Gasteiger partial charge in [0.15, 0.2) is 0 Å². The van der Waals surface area contributed by atoms with Crippen LogP contribution in [0, 0.1) is 5.92 Å². The molecule has 6 nitrogen and oxygen atoms in total. The van der Waals surface area contributed by atoms with Crippen molar-refractivity contribution in [1.82, 2.24) is 9.88 Å². The predicted molar refractivity (Wildman–Crippen MR) is 109 cm³/mol. The number of hydrogen-bond acceptors (Lipinski definition) is 3. The van der Waals surface area contributed by atoms with Gasteiger partial charge in [-0.3, -0.25) is 9.59 Å². The summed E-state index contributed by atoms with van der Waals surface area (Å²) in [5, 5.41) is 3.64. The first-order valence-electron chi connectivity index (χ1n) is 9.81. The highest BCUT2D eigenvalue weighted by molar-refractivity contribution is 5.99. The van der Waals surface area contributed by atoms with Crippen LogP contribution in [-0.2, 0) is 4.79 Å². The van der Waals surface area contributed by atoms with Crippen LogP contribution >= 0.6 is 0 Å². The summed E-state index contributed by atoms with van der Waals surface area (Å²) >= 11 is 0. The maximum atomic E-state index is 12.9. The van der Waals surface area contributed by atoms with Crippen LogP contribution in [0.15, 0.2) is 54.7 Å². The van der Waals surface area contributed by atoms with E-state index in [0.717, 1.165) is 23.0 Å². The number of nitrogens with one attached hydrogen (secondary N) is 2. The molecule has 2 amide bonds. The second-order valence-corrected chi connectivity index (χ2v) is 7.43. The van der Waals surface area contributed by atoms with E-state index in [0.29, 0.717) is 30.6 Å². The topological polar surface area (TPSA) is 74.4 Å². The van der Waals surface area contributed by atoms with Gasteiger partial charge in [0.1, 0.15) is 5.75 Å². The van der Waals surface area contributed by atoms with Crippen LogP contribution < -0.4 is 10.1 Å². The average molecular weight is 431 g/mol. The number of carbonyl (C=O) groups is 2. The summed E-state index contributed by atoms with van der Waals surface area (Å²) in [5.74, 6) is -1.17. The number of amides is 2. The molecular weight excluding hydrogens is 411 g/mol. The molecule has 1 saturated heterocycles. The number of likely N-dealkylation sites (tertiary alicyclic amines) is 1. The van der Waals surface area contributed by atoms with Crippen molar-refractivity contribution >= 4 is 28.4 Å². The molecule has 0 saturated carbocycles. The molecule has 0 unspecified atom stereocenters. The molecular formula is C22H20F3N3O3. The summed E-state index contributed by atoms with van der Waals surface area (Å²) < 4.78 is 40.6. The van der Waals surface area contributed by atoms with Gasteiger partial charge in [-0.25, -0.2) is 0 Å². The fraction of sp³-hybridized carbons (Fsp3) is 0.273. The van der Waals surface area contributed by atoms with E-state index in [1.807, 2.05) is 24.4 Å². The molecule has 4 rings (SSSR count). The van der Waals surface area contributed by atoms with Gasteiger partial charge in [-0.05, 0) is 61.4 Å². The molecule has 1 aromatic heterocycles. The Hall–Kier alpha value is -3.49. The van der Waals surface area contributed by atoms with Crippen molar-refractivity contribution in [3.63, 3.8) is 0 Å². The molecule has 2 aromatic carbocycles. The number of rotatable bonds is 4. The quantitative estimate of drug-likeness (QED) is 0.636. The molecule has 1 fully saturated rings. The van der Waals surface area contributed by atoms with Crippen LogP contribution in [0.1, 0.15) is 23.2 Å². The first kappa shape index (κ1) is 20.8. The Kier molecular flexibility index (Phi) is 5.58. The van der Waals surface area contributed by atoms with Gasteiger partial charge in [-0.1, -0.05) is 0 Å². The number of nitrogens with zero attached hydrogens (tertiary/aromatic N) is 1. The third-order valence-corrected chi connectivity index (χ3v) is 5.24. The summed E-state index contributed by atoms with van der Waals surface area (Å²) in [7, 11) is 0. The summed E-state index contributed by atoms with van der Waals surface area (Å²) in [5.41, 5.74) is 1.87. The summed E-state index contributed by atoms with van der Waals surface area (Å²) in [6.07, 6.45) is -1.65. The van der Waals surface area contributed by atoms with Crippen molar-refractivity contribution in [1.29, 1.82) is 0 Å². The molecule has 0 bridgehead atoms. The molecule has 2 heterocycles. The van der Waals surface area contributed by atoms with E-state index in [4.69, 9.17) is 0 Å². The molecule has 1 aliphatic heterocycles. The maximum Gasteiger partial charge on any atom is 0.573 e. The van der Waals surface area contributed by atoms with E-state index in [2.05, 4.69) is 15.0 Å². The largest absolute Gasteiger partial charge is 0.573 e. The second kappa shape index (κ2) is 8.33. The number of aromatic nitrogens is 1. The van der Waals surface area contributed by atoms with Crippen molar-refractivity contribution in [2.75, 3.05) is 18.4 Å². The molecule has 162 valence electrons. The van der Waals surface area contributed by atoms with Crippen molar-refractivity contribution < 1.29 is 27.5 Å². The normalized spacial score (nSPS) is 16.9. The van der Waals surface area contributed by atoms with Gasteiger partial charge in [-0.15, -0.1) is 13.2 Å². The lowest BCUT2D eigenvalue weighted by molar-refractivity contribution is -0.274. The zero-order valence-electron chi connectivity index (χ0n) is 16.4. The van der Waals surface area contributed by atoms with E-state index < -0.39 is 12.3 Å². The smallest absolute Gasteiger partial charge is 0.406 e. The Morgan fingerprint density at radius 2 is 1.87 bits per heavy atom. The molecule has 1 aliphatic rings. The number of benzene rings is 2. The van der Waals surface area contributed by atoms with Crippen LogP contribution in [0.2, 0.25) is 0 Å². The lowest BCUT2D eigenvalue weighted by Crippen LogP contribution is -2.43. The Morgan fingerprint density at radius 1 is 1.10 bits per heavy atom. The molecule has 0 aliphatic carbocycles. The average Bonchev–Trinajstić information content (AvgIpc) is 3.21. The SMILES string of the molecule is O=C(Nc1ccc(OC(F)(F)F)cc1)[C@@H]1CCCN(C(=O)c2ccc3[nH]ccc3c2)C1. The van der Waals surface area contributed by atoms with Gasteiger partial charge in [0, 0.05) is 41.4 Å². The highest BCUT2D eigenvalue weighted by Gasteiger charge is 2.31. The fourth-order valence-electron chi connectivity index (χ4n) is 3.73. The minimum Gasteiger partial charge on any atom is -0.406 e. The van der Waals surface area contributed by atoms with Crippen molar-refractivity contribution in [2.24, 2.45) is 5.92 Å². The first-order valence-corrected chi connectivity index (χ1v) is 9.81. The number of aromatic amines is 1. The number of anilines is 1. The molecule has 3 aromatic rings. The monoisotopic (exact) mass is 431 g/mol. The lowest BCUT2D eigenvalue weighted by atomic mass is 9.96. The van der Waals surface area contributed by atoms with Crippen LogP contribution in [0.25, 0.3) is 10.9 Å². The zero-order valence-corrected chi connectivity index (χ0v) is 16.4. The van der Waals surface area contributed by atoms with E-state index in [-0.39, 0.29) is 24.1 Å². The Morgan fingerprint density at radius 3 is 2.61 bits per heavy atom. The Balaban J connectivity index is 1.38. The number of piperidine rings is 1. The van der Waals surface area contributed by atoms with Gasteiger partial charge in [0.05, 0.1) is 5.92 Å². The molecule has 31 heavy (non-hydrogen) atoms. The van der Waals surface area contributed by atoms with Gasteiger partial charge >= 0.3 is 6.36 Å². The van der Waals surface area contributed by atoms with E-state index >= 15 is 0 Å². The number of H-pyrrole nitrogens is 1. The summed E-state index contributed by atoms with van der Waals surface area (Å²) in [6.45, 7) is 0.850. The molecule has 9 heteroatoms. The third kappa shape index (κ3) is 4.99. The van der Waals surface area contributed by atoms with Crippen LogP contribution in [0.5, 0.6) is 5.75 Å². The standard InChI is InChI=1S/C22H20F3N3O3/c23-22(24,25)31-18-6-4-17(5-7-18)27-20(29)16-2-1-11-28(13-16)21(30)15-3-8-19-14(12-15)9-10-26-19/h3-10,12,16,26H,1-2,11,13H2,(H,27,29)/t16-/m1/s1. The van der Waals surface area contributed by atoms with E-state index in [9.17, 15) is 22.8 Å². The predicted octanol–water partition coefficient (Wildman–Crippen LogP) is 4.56. The number of hydrogen-bond donors (Lipinski definition) is 2. The highest BCUT2D eigenvalue weighted by atomic mass is 19.4. The van der Waals surface area contributed by atoms with E-state index in [1.165, 1.54) is 12.1 Å². The number of fused-ring (bicyclic) bond motifs is 1. The third-order valence-electron chi connectivity index (χ3n) is 5.24. The number of ether oxygens (including phenoxy) is 1. The summed E-state index contributed by atoms with van der Waals surface area (Å²) in [4.78, 5) is 30.3. The van der Waals surface area contributed by atoms with Crippen LogP contribution in [-0.4, -0.2) is 41.2 Å². The summed E-state index contributed by atoms with van der Waals surface area (Å²) in [6, 6.07) is 12.3. The second-order valence-electron chi connectivity index (χ2n) is 7.43. The lowest BCUT2D eigenvalue weighted by Gasteiger charge is -2.32. The number of alkyl halides is 3.